The van der Waals surface area contributed by atoms with Crippen LogP contribution in [0.5, 0.6) is 0 Å². The van der Waals surface area contributed by atoms with E-state index in [1.165, 1.54) is 6.42 Å². The van der Waals surface area contributed by atoms with Crippen molar-refractivity contribution in [2.75, 3.05) is 19.6 Å². The van der Waals surface area contributed by atoms with Crippen LogP contribution < -0.4 is 11.1 Å². The van der Waals surface area contributed by atoms with Crippen LogP contribution in [0.3, 0.4) is 0 Å². The fourth-order valence-electron chi connectivity index (χ4n) is 1.64. The maximum Gasteiger partial charge on any atom is 0.0543 e. The Balaban J connectivity index is 1.99. The lowest BCUT2D eigenvalue weighted by molar-refractivity contribution is 0.177. The molecule has 3 nitrogen and oxygen atoms in total. The fourth-order valence-corrected chi connectivity index (χ4v) is 1.64. The van der Waals surface area contributed by atoms with Crippen LogP contribution in [0.25, 0.3) is 0 Å². The lowest BCUT2D eigenvalue weighted by atomic mass is 10.1. The molecule has 1 fully saturated rings. The van der Waals surface area contributed by atoms with Gasteiger partial charge >= 0.3 is 0 Å². The van der Waals surface area contributed by atoms with Gasteiger partial charge in [-0.15, -0.1) is 0 Å². The van der Waals surface area contributed by atoms with E-state index in [0.717, 1.165) is 25.9 Å². The Hall–Kier alpha value is -0.120. The van der Waals surface area contributed by atoms with Crippen LogP contribution in [0.15, 0.2) is 0 Å². The van der Waals surface area contributed by atoms with Gasteiger partial charge in [-0.25, -0.2) is 0 Å². The Labute approximate surface area is 68.0 Å². The van der Waals surface area contributed by atoms with Gasteiger partial charge in [-0.1, -0.05) is 0 Å². The van der Waals surface area contributed by atoms with Gasteiger partial charge in [-0.3, -0.25) is 0 Å². The standard InChI is InChI=1S/C8H18N2O/c9-3-4-10-6-7-1-2-8(11)5-7/h7-8,10-11H,1-6,9H2. The Kier molecular flexibility index (Phi) is 3.83. The summed E-state index contributed by atoms with van der Waals surface area (Å²) in [4.78, 5) is 0. The maximum absolute atomic E-state index is 9.20. The van der Waals surface area contributed by atoms with Crippen molar-refractivity contribution in [3.63, 3.8) is 0 Å². The molecule has 0 aromatic rings. The van der Waals surface area contributed by atoms with E-state index >= 15 is 0 Å². The first-order valence-electron chi connectivity index (χ1n) is 4.41. The van der Waals surface area contributed by atoms with Gasteiger partial charge in [0.1, 0.15) is 0 Å². The first-order valence-corrected chi connectivity index (χ1v) is 4.41. The van der Waals surface area contributed by atoms with E-state index in [-0.39, 0.29) is 6.10 Å². The quantitative estimate of drug-likeness (QED) is 0.492. The third-order valence-electron chi connectivity index (χ3n) is 2.27. The zero-order chi connectivity index (χ0) is 8.10. The molecular weight excluding hydrogens is 140 g/mol. The maximum atomic E-state index is 9.20. The molecule has 0 saturated heterocycles. The molecule has 0 amide bonds. The monoisotopic (exact) mass is 158 g/mol. The second-order valence-electron chi connectivity index (χ2n) is 3.33. The summed E-state index contributed by atoms with van der Waals surface area (Å²) in [5.74, 6) is 0.677. The van der Waals surface area contributed by atoms with Crippen molar-refractivity contribution in [3.8, 4) is 0 Å². The summed E-state index contributed by atoms with van der Waals surface area (Å²) in [5, 5.41) is 12.5. The molecule has 2 atom stereocenters. The van der Waals surface area contributed by atoms with E-state index < -0.39 is 0 Å². The molecule has 66 valence electrons. The fraction of sp³-hybridized carbons (Fsp3) is 1.00. The van der Waals surface area contributed by atoms with Crippen LogP contribution in [-0.4, -0.2) is 30.8 Å². The van der Waals surface area contributed by atoms with Gasteiger partial charge in [-0.2, -0.15) is 0 Å². The van der Waals surface area contributed by atoms with Gasteiger partial charge in [0.25, 0.3) is 0 Å². The molecule has 1 rings (SSSR count). The van der Waals surface area contributed by atoms with Crippen LogP contribution in [0.1, 0.15) is 19.3 Å². The number of rotatable bonds is 4. The van der Waals surface area contributed by atoms with Crippen LogP contribution in [-0.2, 0) is 0 Å². The molecule has 4 N–H and O–H groups in total. The van der Waals surface area contributed by atoms with Gasteiger partial charge in [0, 0.05) is 13.1 Å². The number of hydrogen-bond acceptors (Lipinski definition) is 3. The first kappa shape index (κ1) is 8.97. The Morgan fingerprint density at radius 1 is 1.45 bits per heavy atom. The minimum Gasteiger partial charge on any atom is -0.393 e. The molecule has 2 unspecified atom stereocenters. The van der Waals surface area contributed by atoms with Crippen LogP contribution in [0.2, 0.25) is 0 Å². The largest absolute Gasteiger partial charge is 0.393 e. The number of nitrogens with two attached hydrogens (primary N) is 1. The summed E-state index contributed by atoms with van der Waals surface area (Å²) < 4.78 is 0. The lowest BCUT2D eigenvalue weighted by Crippen LogP contribution is -2.27. The van der Waals surface area contributed by atoms with Gasteiger partial charge in [0.2, 0.25) is 0 Å². The minimum absolute atomic E-state index is 0.0420. The predicted octanol–water partition coefficient (Wildman–Crippen LogP) is -0.304. The zero-order valence-electron chi connectivity index (χ0n) is 6.92. The third kappa shape index (κ3) is 3.18. The SMILES string of the molecule is NCCNCC1CCC(O)C1. The van der Waals surface area contributed by atoms with Crippen molar-refractivity contribution in [2.24, 2.45) is 11.7 Å². The highest BCUT2D eigenvalue weighted by Crippen LogP contribution is 2.24. The topological polar surface area (TPSA) is 58.3 Å². The molecule has 0 heterocycles. The number of aliphatic hydroxyl groups is 1. The van der Waals surface area contributed by atoms with Crippen LogP contribution in [0.4, 0.5) is 0 Å². The average Bonchev–Trinajstić information content (AvgIpc) is 2.37. The molecular formula is C8H18N2O. The minimum atomic E-state index is -0.0420. The number of nitrogens with one attached hydrogen (secondary N) is 1. The van der Waals surface area contributed by atoms with Gasteiger partial charge in [-0.05, 0) is 31.7 Å². The van der Waals surface area contributed by atoms with E-state index in [1.807, 2.05) is 0 Å². The summed E-state index contributed by atoms with van der Waals surface area (Å²) in [5.41, 5.74) is 5.33. The smallest absolute Gasteiger partial charge is 0.0543 e. The van der Waals surface area contributed by atoms with Crippen molar-refractivity contribution in [2.45, 2.75) is 25.4 Å². The molecule has 11 heavy (non-hydrogen) atoms. The summed E-state index contributed by atoms with van der Waals surface area (Å²) in [7, 11) is 0. The molecule has 1 aliphatic carbocycles. The highest BCUT2D eigenvalue weighted by atomic mass is 16.3. The molecule has 1 aliphatic rings. The molecule has 0 bridgehead atoms. The second-order valence-corrected chi connectivity index (χ2v) is 3.33. The summed E-state index contributed by atoms with van der Waals surface area (Å²) in [6.07, 6.45) is 3.07. The van der Waals surface area contributed by atoms with E-state index in [4.69, 9.17) is 5.73 Å². The molecule has 1 saturated carbocycles. The van der Waals surface area contributed by atoms with E-state index in [0.29, 0.717) is 12.5 Å². The Morgan fingerprint density at radius 2 is 2.27 bits per heavy atom. The molecule has 0 aliphatic heterocycles. The number of aliphatic hydroxyl groups excluding tert-OH is 1. The lowest BCUT2D eigenvalue weighted by Gasteiger charge is -2.09. The molecule has 0 aromatic heterocycles. The van der Waals surface area contributed by atoms with Gasteiger partial charge in [0.15, 0.2) is 0 Å². The predicted molar refractivity (Wildman–Crippen MR) is 45.3 cm³/mol. The van der Waals surface area contributed by atoms with Gasteiger partial charge in [0.05, 0.1) is 6.10 Å². The Bertz CT molecular complexity index is 108. The first-order chi connectivity index (χ1) is 5.33. The van der Waals surface area contributed by atoms with E-state index in [9.17, 15) is 5.11 Å². The van der Waals surface area contributed by atoms with Crippen molar-refractivity contribution in [1.82, 2.24) is 5.32 Å². The molecule has 0 aromatic carbocycles. The van der Waals surface area contributed by atoms with Crippen molar-refractivity contribution in [1.29, 1.82) is 0 Å². The van der Waals surface area contributed by atoms with Crippen molar-refractivity contribution >= 4 is 0 Å². The normalized spacial score (nSPS) is 31.1. The summed E-state index contributed by atoms with van der Waals surface area (Å²) in [6.45, 7) is 2.62. The summed E-state index contributed by atoms with van der Waals surface area (Å²) in [6, 6.07) is 0. The van der Waals surface area contributed by atoms with Crippen LogP contribution in [0, 0.1) is 5.92 Å². The van der Waals surface area contributed by atoms with Crippen LogP contribution >= 0.6 is 0 Å². The van der Waals surface area contributed by atoms with E-state index in [1.54, 1.807) is 0 Å². The Morgan fingerprint density at radius 3 is 2.82 bits per heavy atom. The average molecular weight is 158 g/mol. The molecule has 0 spiro atoms. The van der Waals surface area contributed by atoms with Crippen molar-refractivity contribution < 1.29 is 5.11 Å². The highest BCUT2D eigenvalue weighted by molar-refractivity contribution is 4.75. The van der Waals surface area contributed by atoms with Crippen molar-refractivity contribution in [3.05, 3.63) is 0 Å². The molecule has 0 radical (unpaired) electrons. The van der Waals surface area contributed by atoms with Gasteiger partial charge < -0.3 is 16.2 Å². The van der Waals surface area contributed by atoms with E-state index in [2.05, 4.69) is 5.32 Å². The third-order valence-corrected chi connectivity index (χ3v) is 2.27. The highest BCUT2D eigenvalue weighted by Gasteiger charge is 2.21. The number of hydrogen-bond donors (Lipinski definition) is 3. The molecule has 3 heteroatoms. The second kappa shape index (κ2) is 4.70. The zero-order valence-corrected chi connectivity index (χ0v) is 6.92. The summed E-state index contributed by atoms with van der Waals surface area (Å²) >= 11 is 0.